The average molecular weight is 322 g/mol. The van der Waals surface area contributed by atoms with Gasteiger partial charge in [0.2, 0.25) is 0 Å². The van der Waals surface area contributed by atoms with Crippen molar-refractivity contribution in [3.63, 3.8) is 0 Å². The number of halogens is 2. The minimum absolute atomic E-state index is 0.141. The molecule has 4 nitrogen and oxygen atoms in total. The number of hydrogen-bond acceptors (Lipinski definition) is 3. The molecule has 22 heavy (non-hydrogen) atoms. The number of fused-ring (bicyclic) bond motifs is 1. The van der Waals surface area contributed by atoms with Gasteiger partial charge < -0.3 is 14.4 Å². The summed E-state index contributed by atoms with van der Waals surface area (Å²) in [6, 6.07) is 10.8. The van der Waals surface area contributed by atoms with Crippen LogP contribution in [0.5, 0.6) is 11.5 Å². The monoisotopic (exact) mass is 321 g/mol. The van der Waals surface area contributed by atoms with Crippen molar-refractivity contribution in [2.45, 2.75) is 0 Å². The number of rotatable bonds is 3. The first-order valence-corrected chi connectivity index (χ1v) is 7.12. The third kappa shape index (κ3) is 3.14. The quantitative estimate of drug-likeness (QED) is 0.871. The van der Waals surface area contributed by atoms with E-state index >= 15 is 0 Å². The van der Waals surface area contributed by atoms with Gasteiger partial charge in [-0.2, -0.15) is 0 Å². The Morgan fingerprint density at radius 2 is 2.05 bits per heavy atom. The Hall–Kier alpha value is -2.27. The Bertz CT molecular complexity index is 690. The molecule has 1 aliphatic rings. The summed E-state index contributed by atoms with van der Waals surface area (Å²) in [6.45, 7) is 0.585. The number of hydrogen-bond donors (Lipinski definition) is 0. The van der Waals surface area contributed by atoms with E-state index in [2.05, 4.69) is 0 Å². The highest BCUT2D eigenvalue weighted by Gasteiger charge is 2.24. The SMILES string of the molecule is O=C(COc1ccc(Cl)cc1)N1CCOc2ccc(F)cc21. The fourth-order valence-electron chi connectivity index (χ4n) is 2.20. The summed E-state index contributed by atoms with van der Waals surface area (Å²) in [5, 5.41) is 0.594. The van der Waals surface area contributed by atoms with Crippen LogP contribution in [0.25, 0.3) is 0 Å². The smallest absolute Gasteiger partial charge is 0.265 e. The van der Waals surface area contributed by atoms with Gasteiger partial charge in [-0.3, -0.25) is 4.79 Å². The summed E-state index contributed by atoms with van der Waals surface area (Å²) >= 11 is 5.79. The van der Waals surface area contributed by atoms with Gasteiger partial charge in [-0.15, -0.1) is 0 Å². The van der Waals surface area contributed by atoms with Crippen LogP contribution in [0, 0.1) is 5.82 Å². The maximum atomic E-state index is 13.4. The molecule has 0 aliphatic carbocycles. The summed E-state index contributed by atoms with van der Waals surface area (Å²) in [7, 11) is 0. The molecule has 0 saturated carbocycles. The van der Waals surface area contributed by atoms with Crippen LogP contribution in [0.1, 0.15) is 0 Å². The van der Waals surface area contributed by atoms with Gasteiger partial charge in [0.25, 0.3) is 5.91 Å². The van der Waals surface area contributed by atoms with Gasteiger partial charge in [0.1, 0.15) is 23.9 Å². The molecule has 1 amide bonds. The molecule has 0 saturated heterocycles. The number of anilines is 1. The van der Waals surface area contributed by atoms with Gasteiger partial charge in [0, 0.05) is 11.1 Å². The molecule has 2 aromatic rings. The van der Waals surface area contributed by atoms with E-state index in [-0.39, 0.29) is 12.5 Å². The van der Waals surface area contributed by atoms with Crippen molar-refractivity contribution in [2.24, 2.45) is 0 Å². The molecule has 1 aliphatic heterocycles. The zero-order valence-corrected chi connectivity index (χ0v) is 12.3. The molecule has 0 N–H and O–H groups in total. The van der Waals surface area contributed by atoms with Crippen LogP contribution in [0.3, 0.4) is 0 Å². The minimum Gasteiger partial charge on any atom is -0.490 e. The third-order valence-corrected chi connectivity index (χ3v) is 3.51. The highest BCUT2D eigenvalue weighted by atomic mass is 35.5. The summed E-state index contributed by atoms with van der Waals surface area (Å²) in [5.41, 5.74) is 0.427. The Labute approximate surface area is 132 Å². The second-order valence-electron chi connectivity index (χ2n) is 4.75. The van der Waals surface area contributed by atoms with Crippen LogP contribution in [-0.4, -0.2) is 25.7 Å². The number of carbonyl (C=O) groups is 1. The Morgan fingerprint density at radius 1 is 1.27 bits per heavy atom. The van der Waals surface area contributed by atoms with Gasteiger partial charge in [0.05, 0.1) is 12.2 Å². The molecule has 2 aromatic carbocycles. The maximum Gasteiger partial charge on any atom is 0.265 e. The van der Waals surface area contributed by atoms with Crippen molar-refractivity contribution in [3.8, 4) is 11.5 Å². The van der Waals surface area contributed by atoms with Crippen LogP contribution in [0.4, 0.5) is 10.1 Å². The molecule has 0 fully saturated rings. The van der Waals surface area contributed by atoms with Crippen LogP contribution in [0.15, 0.2) is 42.5 Å². The standard InChI is InChI=1S/C16H13ClFNO3/c17-11-1-4-13(5-2-11)22-10-16(20)19-7-8-21-15-6-3-12(18)9-14(15)19/h1-6,9H,7-8,10H2. The zero-order chi connectivity index (χ0) is 15.5. The second kappa shape index (κ2) is 6.23. The predicted molar refractivity (Wildman–Crippen MR) is 81.2 cm³/mol. The summed E-state index contributed by atoms with van der Waals surface area (Å²) in [5.74, 6) is 0.365. The summed E-state index contributed by atoms with van der Waals surface area (Å²) in [6.07, 6.45) is 0. The van der Waals surface area contributed by atoms with Crippen molar-refractivity contribution < 1.29 is 18.7 Å². The van der Waals surface area contributed by atoms with Gasteiger partial charge >= 0.3 is 0 Å². The lowest BCUT2D eigenvalue weighted by Crippen LogP contribution is -2.40. The second-order valence-corrected chi connectivity index (χ2v) is 5.18. The molecule has 0 aromatic heterocycles. The lowest BCUT2D eigenvalue weighted by Gasteiger charge is -2.29. The number of amides is 1. The highest BCUT2D eigenvalue weighted by molar-refractivity contribution is 6.30. The van der Waals surface area contributed by atoms with Gasteiger partial charge in [-0.25, -0.2) is 4.39 Å². The van der Waals surface area contributed by atoms with E-state index in [1.807, 2.05) is 0 Å². The van der Waals surface area contributed by atoms with Crippen molar-refractivity contribution in [3.05, 3.63) is 53.3 Å². The van der Waals surface area contributed by atoms with Gasteiger partial charge in [-0.1, -0.05) is 11.6 Å². The van der Waals surface area contributed by atoms with E-state index < -0.39 is 5.82 Å². The molecule has 1 heterocycles. The van der Waals surface area contributed by atoms with Gasteiger partial charge in [-0.05, 0) is 36.4 Å². The lowest BCUT2D eigenvalue weighted by molar-refractivity contribution is -0.120. The fourth-order valence-corrected chi connectivity index (χ4v) is 2.33. The van der Waals surface area contributed by atoms with E-state index in [1.54, 1.807) is 24.3 Å². The molecule has 0 unspecified atom stereocenters. The average Bonchev–Trinajstić information content (AvgIpc) is 2.53. The number of carbonyl (C=O) groups excluding carboxylic acids is 1. The molecule has 6 heteroatoms. The molecular formula is C16H13ClFNO3. The summed E-state index contributed by atoms with van der Waals surface area (Å²) < 4.78 is 24.2. The van der Waals surface area contributed by atoms with E-state index in [0.717, 1.165) is 0 Å². The Balaban J connectivity index is 1.71. The topological polar surface area (TPSA) is 38.8 Å². The van der Waals surface area contributed by atoms with E-state index in [1.165, 1.54) is 23.1 Å². The van der Waals surface area contributed by atoms with Crippen LogP contribution < -0.4 is 14.4 Å². The van der Waals surface area contributed by atoms with E-state index in [0.29, 0.717) is 35.4 Å². The van der Waals surface area contributed by atoms with Crippen LogP contribution in [0.2, 0.25) is 5.02 Å². The highest BCUT2D eigenvalue weighted by Crippen LogP contribution is 2.32. The van der Waals surface area contributed by atoms with Crippen molar-refractivity contribution >= 4 is 23.2 Å². The normalized spacial score (nSPS) is 13.3. The first kappa shape index (κ1) is 14.7. The number of nitrogens with zero attached hydrogens (tertiary/aromatic N) is 1. The minimum atomic E-state index is -0.416. The van der Waals surface area contributed by atoms with Crippen LogP contribution in [-0.2, 0) is 4.79 Å². The summed E-state index contributed by atoms with van der Waals surface area (Å²) in [4.78, 5) is 13.8. The zero-order valence-electron chi connectivity index (χ0n) is 11.6. The van der Waals surface area contributed by atoms with Gasteiger partial charge in [0.15, 0.2) is 6.61 Å². The number of ether oxygens (including phenoxy) is 2. The van der Waals surface area contributed by atoms with E-state index in [4.69, 9.17) is 21.1 Å². The van der Waals surface area contributed by atoms with Crippen molar-refractivity contribution in [2.75, 3.05) is 24.7 Å². The maximum absolute atomic E-state index is 13.4. The first-order valence-electron chi connectivity index (χ1n) is 6.74. The molecule has 3 rings (SSSR count). The molecule has 0 bridgehead atoms. The Morgan fingerprint density at radius 3 is 2.82 bits per heavy atom. The van der Waals surface area contributed by atoms with Crippen molar-refractivity contribution in [1.82, 2.24) is 0 Å². The molecule has 0 spiro atoms. The number of benzene rings is 2. The van der Waals surface area contributed by atoms with E-state index in [9.17, 15) is 9.18 Å². The lowest BCUT2D eigenvalue weighted by atomic mass is 10.2. The molecule has 0 radical (unpaired) electrons. The third-order valence-electron chi connectivity index (χ3n) is 3.26. The molecule has 0 atom stereocenters. The fraction of sp³-hybridized carbons (Fsp3) is 0.188. The predicted octanol–water partition coefficient (Wildman–Crippen LogP) is 3.28. The largest absolute Gasteiger partial charge is 0.490 e. The Kier molecular flexibility index (Phi) is 4.15. The molecular weight excluding hydrogens is 309 g/mol. The first-order chi connectivity index (χ1) is 10.6. The van der Waals surface area contributed by atoms with Crippen LogP contribution >= 0.6 is 11.6 Å². The molecule has 114 valence electrons. The van der Waals surface area contributed by atoms with Crippen molar-refractivity contribution in [1.29, 1.82) is 0 Å².